The third kappa shape index (κ3) is 3.46. The lowest BCUT2D eigenvalue weighted by molar-refractivity contribution is -0.131. The van der Waals surface area contributed by atoms with Crippen molar-refractivity contribution in [3.63, 3.8) is 0 Å². The van der Waals surface area contributed by atoms with Gasteiger partial charge in [0.1, 0.15) is 0 Å². The minimum atomic E-state index is 0.302. The van der Waals surface area contributed by atoms with Gasteiger partial charge >= 0.3 is 0 Å². The first kappa shape index (κ1) is 14.6. The van der Waals surface area contributed by atoms with Crippen molar-refractivity contribution < 1.29 is 4.79 Å². The van der Waals surface area contributed by atoms with Gasteiger partial charge in [-0.1, -0.05) is 18.2 Å². The van der Waals surface area contributed by atoms with Crippen molar-refractivity contribution in [2.45, 2.75) is 38.5 Å². The van der Waals surface area contributed by atoms with Gasteiger partial charge in [-0.3, -0.25) is 4.79 Å². The predicted molar refractivity (Wildman–Crippen MR) is 85.4 cm³/mol. The summed E-state index contributed by atoms with van der Waals surface area (Å²) in [6.45, 7) is 2.93. The molecular weight excluding hydrogens is 260 g/mol. The van der Waals surface area contributed by atoms with Gasteiger partial charge in [-0.25, -0.2) is 0 Å². The summed E-state index contributed by atoms with van der Waals surface area (Å²) in [4.78, 5) is 14.5. The van der Waals surface area contributed by atoms with Crippen LogP contribution in [0.5, 0.6) is 0 Å². The van der Waals surface area contributed by atoms with Crippen LogP contribution in [0.3, 0.4) is 0 Å². The zero-order valence-corrected chi connectivity index (χ0v) is 13.0. The van der Waals surface area contributed by atoms with Crippen molar-refractivity contribution in [1.29, 1.82) is 0 Å². The maximum atomic E-state index is 12.4. The van der Waals surface area contributed by atoms with Crippen molar-refractivity contribution in [3.05, 3.63) is 34.9 Å². The molecule has 1 N–H and O–H groups in total. The Bertz CT molecular complexity index is 504. The molecule has 0 saturated carbocycles. The zero-order chi connectivity index (χ0) is 14.7. The fraction of sp³-hybridized carbons (Fsp3) is 0.611. The second-order valence-corrected chi connectivity index (χ2v) is 6.52. The lowest BCUT2D eigenvalue weighted by atomic mass is 9.96. The number of likely N-dealkylation sites (tertiary alicyclic amines) is 1. The Hall–Kier alpha value is -1.35. The molecule has 3 nitrogen and oxygen atoms in total. The van der Waals surface area contributed by atoms with Crippen molar-refractivity contribution in [2.75, 3.05) is 26.7 Å². The van der Waals surface area contributed by atoms with E-state index in [9.17, 15) is 4.79 Å². The Morgan fingerprint density at radius 3 is 2.76 bits per heavy atom. The van der Waals surface area contributed by atoms with Crippen LogP contribution in [-0.2, 0) is 24.1 Å². The van der Waals surface area contributed by atoms with Gasteiger partial charge in [-0.2, -0.15) is 0 Å². The van der Waals surface area contributed by atoms with Crippen molar-refractivity contribution in [2.24, 2.45) is 5.92 Å². The molecule has 1 aliphatic heterocycles. The quantitative estimate of drug-likeness (QED) is 0.920. The zero-order valence-electron chi connectivity index (χ0n) is 13.0. The van der Waals surface area contributed by atoms with Crippen LogP contribution in [0.25, 0.3) is 0 Å². The standard InChI is InChI=1S/C18H26N2O/c1-19-13-14-7-9-20(10-8-14)18(21)12-15-5-6-16-3-2-4-17(16)11-15/h5-6,11,14,19H,2-4,7-10,12-13H2,1H3. The third-order valence-corrected chi connectivity index (χ3v) is 4.98. The summed E-state index contributed by atoms with van der Waals surface area (Å²) in [6.07, 6.45) is 6.51. The Balaban J connectivity index is 1.55. The molecule has 3 heteroatoms. The van der Waals surface area contributed by atoms with E-state index in [4.69, 9.17) is 0 Å². The van der Waals surface area contributed by atoms with E-state index >= 15 is 0 Å². The monoisotopic (exact) mass is 286 g/mol. The highest BCUT2D eigenvalue weighted by Gasteiger charge is 2.22. The molecule has 21 heavy (non-hydrogen) atoms. The normalized spacial score (nSPS) is 18.8. The van der Waals surface area contributed by atoms with E-state index in [0.29, 0.717) is 12.3 Å². The lowest BCUT2D eigenvalue weighted by Crippen LogP contribution is -2.41. The summed E-state index contributed by atoms with van der Waals surface area (Å²) in [5, 5.41) is 3.24. The number of amides is 1. The van der Waals surface area contributed by atoms with Crippen molar-refractivity contribution >= 4 is 5.91 Å². The van der Waals surface area contributed by atoms with E-state index in [-0.39, 0.29) is 0 Å². The number of piperidine rings is 1. The molecule has 1 fully saturated rings. The molecule has 1 aromatic carbocycles. The van der Waals surface area contributed by atoms with Crippen molar-refractivity contribution in [1.82, 2.24) is 10.2 Å². The molecule has 1 aromatic rings. The van der Waals surface area contributed by atoms with Gasteiger partial charge in [-0.15, -0.1) is 0 Å². The molecule has 2 aliphatic rings. The van der Waals surface area contributed by atoms with E-state index in [0.717, 1.165) is 38.4 Å². The van der Waals surface area contributed by atoms with Gasteiger partial charge in [0.15, 0.2) is 0 Å². The van der Waals surface area contributed by atoms with Gasteiger partial charge < -0.3 is 10.2 Å². The molecule has 0 bridgehead atoms. The molecule has 0 unspecified atom stereocenters. The lowest BCUT2D eigenvalue weighted by Gasteiger charge is -2.32. The van der Waals surface area contributed by atoms with Crippen LogP contribution >= 0.6 is 0 Å². The van der Waals surface area contributed by atoms with Gasteiger partial charge in [-0.05, 0) is 68.3 Å². The number of carbonyl (C=O) groups is 1. The molecule has 114 valence electrons. The van der Waals surface area contributed by atoms with E-state index in [1.807, 2.05) is 7.05 Å². The van der Waals surface area contributed by atoms with E-state index in [1.165, 1.54) is 36.0 Å². The molecule has 0 spiro atoms. The minimum Gasteiger partial charge on any atom is -0.342 e. The first-order valence-electron chi connectivity index (χ1n) is 8.29. The highest BCUT2D eigenvalue weighted by molar-refractivity contribution is 5.79. The minimum absolute atomic E-state index is 0.302. The Kier molecular flexibility index (Phi) is 4.59. The number of nitrogens with zero attached hydrogens (tertiary/aromatic N) is 1. The number of fused-ring (bicyclic) bond motifs is 1. The summed E-state index contributed by atoms with van der Waals surface area (Å²) in [5.74, 6) is 1.04. The summed E-state index contributed by atoms with van der Waals surface area (Å²) >= 11 is 0. The number of carbonyl (C=O) groups excluding carboxylic acids is 1. The smallest absolute Gasteiger partial charge is 0.226 e. The van der Waals surface area contributed by atoms with Crippen LogP contribution in [0.4, 0.5) is 0 Å². The molecule has 1 heterocycles. The number of nitrogens with one attached hydrogen (secondary N) is 1. The van der Waals surface area contributed by atoms with E-state index in [1.54, 1.807) is 0 Å². The Morgan fingerprint density at radius 1 is 1.24 bits per heavy atom. The average molecular weight is 286 g/mol. The fourth-order valence-electron chi connectivity index (χ4n) is 3.70. The highest BCUT2D eigenvalue weighted by atomic mass is 16.2. The van der Waals surface area contributed by atoms with Crippen LogP contribution in [-0.4, -0.2) is 37.5 Å². The molecule has 1 aliphatic carbocycles. The first-order chi connectivity index (χ1) is 10.3. The van der Waals surface area contributed by atoms with Crippen LogP contribution in [0.15, 0.2) is 18.2 Å². The van der Waals surface area contributed by atoms with Gasteiger partial charge in [0.2, 0.25) is 5.91 Å². The topological polar surface area (TPSA) is 32.3 Å². The summed E-state index contributed by atoms with van der Waals surface area (Å²) in [6, 6.07) is 6.63. The Labute approximate surface area is 127 Å². The fourth-order valence-corrected chi connectivity index (χ4v) is 3.70. The second-order valence-electron chi connectivity index (χ2n) is 6.52. The van der Waals surface area contributed by atoms with Crippen LogP contribution in [0, 0.1) is 5.92 Å². The molecular formula is C18H26N2O. The van der Waals surface area contributed by atoms with E-state index < -0.39 is 0 Å². The first-order valence-corrected chi connectivity index (χ1v) is 8.29. The molecule has 1 saturated heterocycles. The molecule has 0 atom stereocenters. The van der Waals surface area contributed by atoms with Gasteiger partial charge in [0.05, 0.1) is 6.42 Å². The van der Waals surface area contributed by atoms with Crippen LogP contribution < -0.4 is 5.32 Å². The Morgan fingerprint density at radius 2 is 2.00 bits per heavy atom. The number of rotatable bonds is 4. The molecule has 3 rings (SSSR count). The summed E-state index contributed by atoms with van der Waals surface area (Å²) < 4.78 is 0. The maximum Gasteiger partial charge on any atom is 0.226 e. The van der Waals surface area contributed by atoms with Gasteiger partial charge in [0, 0.05) is 13.1 Å². The van der Waals surface area contributed by atoms with E-state index in [2.05, 4.69) is 28.4 Å². The SMILES string of the molecule is CNCC1CCN(C(=O)Cc2ccc3c(c2)CCC3)CC1. The van der Waals surface area contributed by atoms with Crippen LogP contribution in [0.1, 0.15) is 36.0 Å². The number of hydrogen-bond donors (Lipinski definition) is 1. The van der Waals surface area contributed by atoms with Crippen LogP contribution in [0.2, 0.25) is 0 Å². The number of benzene rings is 1. The number of hydrogen-bond acceptors (Lipinski definition) is 2. The third-order valence-electron chi connectivity index (χ3n) is 4.98. The molecule has 0 aromatic heterocycles. The highest BCUT2D eigenvalue weighted by Crippen LogP contribution is 2.23. The molecule has 1 amide bonds. The maximum absolute atomic E-state index is 12.4. The number of aryl methyl sites for hydroxylation is 2. The molecule has 0 radical (unpaired) electrons. The summed E-state index contributed by atoms with van der Waals surface area (Å²) in [5.41, 5.74) is 4.14. The second kappa shape index (κ2) is 6.61. The van der Waals surface area contributed by atoms with Crippen molar-refractivity contribution in [3.8, 4) is 0 Å². The predicted octanol–water partition coefficient (Wildman–Crippen LogP) is 2.18. The average Bonchev–Trinajstić information content (AvgIpc) is 2.96. The van der Waals surface area contributed by atoms with Gasteiger partial charge in [0.25, 0.3) is 0 Å². The largest absolute Gasteiger partial charge is 0.342 e. The summed E-state index contributed by atoms with van der Waals surface area (Å²) in [7, 11) is 2.01.